The summed E-state index contributed by atoms with van der Waals surface area (Å²) in [6.45, 7) is 6.78. The maximum atomic E-state index is 11.1. The topological polar surface area (TPSA) is 75.6 Å². The van der Waals surface area contributed by atoms with Crippen molar-refractivity contribution in [3.05, 3.63) is 0 Å². The molecule has 0 radical (unpaired) electrons. The Morgan fingerprint density at radius 1 is 1.50 bits per heavy atom. The third-order valence-electron chi connectivity index (χ3n) is 1.93. The highest BCUT2D eigenvalue weighted by Gasteiger charge is 2.22. The van der Waals surface area contributed by atoms with Crippen molar-refractivity contribution in [2.24, 2.45) is 0 Å². The molecule has 0 rings (SSSR count). The van der Waals surface area contributed by atoms with Crippen LogP contribution in [0.5, 0.6) is 0 Å². The van der Waals surface area contributed by atoms with E-state index in [-0.39, 0.29) is 0 Å². The second kappa shape index (κ2) is 4.83. The smallest absolute Gasteiger partial charge is 0.408 e. The molecule has 0 heterocycles. The van der Waals surface area contributed by atoms with Gasteiger partial charge in [0.15, 0.2) is 0 Å². The van der Waals surface area contributed by atoms with Crippen LogP contribution < -0.4 is 5.32 Å². The lowest BCUT2D eigenvalue weighted by atomic mass is 10.1. The van der Waals surface area contributed by atoms with Crippen molar-refractivity contribution in [3.8, 4) is 0 Å². The Balaban J connectivity index is 4.05. The molecular weight excluding hydrogens is 186 g/mol. The molecule has 0 spiro atoms. The van der Waals surface area contributed by atoms with E-state index in [1.54, 1.807) is 13.8 Å². The molecule has 0 unspecified atom stereocenters. The minimum Gasteiger partial charge on any atom is -0.480 e. The Labute approximate surface area is 83.4 Å². The van der Waals surface area contributed by atoms with Gasteiger partial charge in [0.2, 0.25) is 0 Å². The monoisotopic (exact) mass is 203 g/mol. The Bertz CT molecular complexity index is 225. The van der Waals surface area contributed by atoms with Crippen molar-refractivity contribution in [3.63, 3.8) is 0 Å². The van der Waals surface area contributed by atoms with Crippen LogP contribution in [0, 0.1) is 0 Å². The summed E-state index contributed by atoms with van der Waals surface area (Å²) in [6.07, 6.45) is -0.0336. The summed E-state index contributed by atoms with van der Waals surface area (Å²) in [7, 11) is 0. The summed E-state index contributed by atoms with van der Waals surface area (Å²) in [5.41, 5.74) is -0.567. The normalized spacial score (nSPS) is 13.1. The van der Waals surface area contributed by atoms with E-state index in [0.29, 0.717) is 6.42 Å². The van der Waals surface area contributed by atoms with Crippen LogP contribution in [-0.2, 0) is 9.53 Å². The molecule has 1 amide bonds. The zero-order valence-corrected chi connectivity index (χ0v) is 8.96. The quantitative estimate of drug-likeness (QED) is 0.723. The number of hydrogen-bond acceptors (Lipinski definition) is 3. The molecule has 0 saturated carbocycles. The van der Waals surface area contributed by atoms with Gasteiger partial charge in [-0.3, -0.25) is 4.79 Å². The molecule has 0 aromatic heterocycles. The number of carbonyl (C=O) groups is 2. The second-order valence-electron chi connectivity index (χ2n) is 3.71. The lowest BCUT2D eigenvalue weighted by Gasteiger charge is -2.23. The van der Waals surface area contributed by atoms with Crippen molar-refractivity contribution in [1.29, 1.82) is 0 Å². The first-order valence-corrected chi connectivity index (χ1v) is 4.51. The van der Waals surface area contributed by atoms with Crippen LogP contribution in [0.15, 0.2) is 0 Å². The van der Waals surface area contributed by atoms with Crippen LogP contribution in [0.1, 0.15) is 34.1 Å². The Hall–Kier alpha value is -1.26. The van der Waals surface area contributed by atoms with Gasteiger partial charge >= 0.3 is 12.1 Å². The van der Waals surface area contributed by atoms with Gasteiger partial charge in [0.25, 0.3) is 0 Å². The van der Waals surface area contributed by atoms with Crippen molar-refractivity contribution >= 4 is 12.1 Å². The minimum atomic E-state index is -1.09. The number of nitrogens with one attached hydrogen (secondary N) is 1. The minimum absolute atomic E-state index is 0.567. The van der Waals surface area contributed by atoms with E-state index in [1.807, 2.05) is 6.92 Å². The molecule has 0 aliphatic carbocycles. The zero-order valence-electron chi connectivity index (χ0n) is 8.96. The van der Waals surface area contributed by atoms with E-state index in [1.165, 1.54) is 6.92 Å². The lowest BCUT2D eigenvalue weighted by molar-refractivity contribution is -0.139. The van der Waals surface area contributed by atoms with E-state index < -0.39 is 23.7 Å². The number of hydrogen-bond donors (Lipinski definition) is 2. The van der Waals surface area contributed by atoms with Crippen LogP contribution in [-0.4, -0.2) is 28.8 Å². The summed E-state index contributed by atoms with van der Waals surface area (Å²) in [5.74, 6) is -1.09. The maximum Gasteiger partial charge on any atom is 0.408 e. The SMILES string of the molecule is CCC(C)(C)OC(=O)N[C@@H](C)C(=O)O. The molecule has 82 valence electrons. The van der Waals surface area contributed by atoms with Crippen molar-refractivity contribution < 1.29 is 19.4 Å². The number of aliphatic carboxylic acids is 1. The average Bonchev–Trinajstić information content (AvgIpc) is 2.02. The summed E-state index contributed by atoms with van der Waals surface area (Å²) >= 11 is 0. The first kappa shape index (κ1) is 12.7. The molecule has 0 aliphatic heterocycles. The molecule has 0 aliphatic rings. The summed E-state index contributed by atoms with van der Waals surface area (Å²) in [6, 6.07) is -0.935. The first-order valence-electron chi connectivity index (χ1n) is 4.51. The van der Waals surface area contributed by atoms with Gasteiger partial charge in [-0.25, -0.2) is 4.79 Å². The van der Waals surface area contributed by atoms with Crippen LogP contribution >= 0.6 is 0 Å². The fourth-order valence-corrected chi connectivity index (χ4v) is 0.591. The Morgan fingerprint density at radius 2 is 2.00 bits per heavy atom. The highest BCUT2D eigenvalue weighted by atomic mass is 16.6. The third-order valence-corrected chi connectivity index (χ3v) is 1.93. The molecule has 0 aromatic carbocycles. The van der Waals surface area contributed by atoms with E-state index >= 15 is 0 Å². The summed E-state index contributed by atoms with van der Waals surface area (Å²) in [4.78, 5) is 21.5. The summed E-state index contributed by atoms with van der Waals surface area (Å²) < 4.78 is 4.99. The first-order chi connectivity index (χ1) is 6.28. The fraction of sp³-hybridized carbons (Fsp3) is 0.778. The second-order valence-corrected chi connectivity index (χ2v) is 3.71. The van der Waals surface area contributed by atoms with Crippen molar-refractivity contribution in [1.82, 2.24) is 5.32 Å². The van der Waals surface area contributed by atoms with Gasteiger partial charge < -0.3 is 15.2 Å². The molecule has 5 nitrogen and oxygen atoms in total. The predicted octanol–water partition coefficient (Wildman–Crippen LogP) is 1.37. The number of carboxylic acids is 1. The van der Waals surface area contributed by atoms with Crippen LogP contribution in [0.25, 0.3) is 0 Å². The Kier molecular flexibility index (Phi) is 4.40. The standard InChI is InChI=1S/C9H17NO4/c1-5-9(3,4)14-8(13)10-6(2)7(11)12/h6H,5H2,1-4H3,(H,10,13)(H,11,12)/t6-/m0/s1. The van der Waals surface area contributed by atoms with E-state index in [9.17, 15) is 9.59 Å². The average molecular weight is 203 g/mol. The van der Waals surface area contributed by atoms with Gasteiger partial charge in [-0.05, 0) is 27.2 Å². The van der Waals surface area contributed by atoms with Crippen LogP contribution in [0.3, 0.4) is 0 Å². The highest BCUT2D eigenvalue weighted by molar-refractivity contribution is 5.79. The van der Waals surface area contributed by atoms with Crippen LogP contribution in [0.4, 0.5) is 4.79 Å². The molecule has 5 heteroatoms. The largest absolute Gasteiger partial charge is 0.480 e. The third kappa shape index (κ3) is 4.69. The van der Waals surface area contributed by atoms with Gasteiger partial charge in [0.1, 0.15) is 11.6 Å². The van der Waals surface area contributed by atoms with Gasteiger partial charge in [0, 0.05) is 0 Å². The fourth-order valence-electron chi connectivity index (χ4n) is 0.591. The van der Waals surface area contributed by atoms with Gasteiger partial charge in [-0.1, -0.05) is 6.92 Å². The van der Waals surface area contributed by atoms with E-state index in [4.69, 9.17) is 9.84 Å². The number of alkyl carbamates (subject to hydrolysis) is 1. The molecule has 0 bridgehead atoms. The molecule has 2 N–H and O–H groups in total. The lowest BCUT2D eigenvalue weighted by Crippen LogP contribution is -2.42. The molecule has 1 atom stereocenters. The maximum absolute atomic E-state index is 11.1. The number of amides is 1. The molecular formula is C9H17NO4. The van der Waals surface area contributed by atoms with Crippen LogP contribution in [0.2, 0.25) is 0 Å². The Morgan fingerprint density at radius 3 is 2.36 bits per heavy atom. The van der Waals surface area contributed by atoms with E-state index in [0.717, 1.165) is 0 Å². The van der Waals surface area contributed by atoms with Gasteiger partial charge in [-0.15, -0.1) is 0 Å². The molecule has 14 heavy (non-hydrogen) atoms. The van der Waals surface area contributed by atoms with Gasteiger partial charge in [-0.2, -0.15) is 0 Å². The predicted molar refractivity (Wildman–Crippen MR) is 51.1 cm³/mol. The number of rotatable bonds is 4. The molecule has 0 saturated heterocycles. The van der Waals surface area contributed by atoms with Crippen molar-refractivity contribution in [2.75, 3.05) is 0 Å². The molecule has 0 fully saturated rings. The summed E-state index contributed by atoms with van der Waals surface area (Å²) in [5, 5.41) is 10.7. The number of carboxylic acid groups (broad SMARTS) is 1. The number of carbonyl (C=O) groups excluding carboxylic acids is 1. The van der Waals surface area contributed by atoms with Gasteiger partial charge in [0.05, 0.1) is 0 Å². The number of ether oxygens (including phenoxy) is 1. The zero-order chi connectivity index (χ0) is 11.4. The highest BCUT2D eigenvalue weighted by Crippen LogP contribution is 2.13. The van der Waals surface area contributed by atoms with E-state index in [2.05, 4.69) is 5.32 Å². The molecule has 0 aromatic rings. The van der Waals surface area contributed by atoms with Crippen molar-refractivity contribution in [2.45, 2.75) is 45.8 Å².